The zero-order valence-electron chi connectivity index (χ0n) is 11.2. The number of hydrogen-bond donors (Lipinski definition) is 1. The first-order chi connectivity index (χ1) is 8.05. The van der Waals surface area contributed by atoms with Crippen LogP contribution in [0.25, 0.3) is 0 Å². The Labute approximate surface area is 105 Å². The van der Waals surface area contributed by atoms with Crippen molar-refractivity contribution in [2.45, 2.75) is 45.1 Å². The maximum absolute atomic E-state index is 9.18. The summed E-state index contributed by atoms with van der Waals surface area (Å²) in [5.74, 6) is 2.05. The van der Waals surface area contributed by atoms with E-state index in [9.17, 15) is 5.26 Å². The van der Waals surface area contributed by atoms with Gasteiger partial charge in [-0.3, -0.25) is 0 Å². The Morgan fingerprint density at radius 1 is 1.35 bits per heavy atom. The maximum atomic E-state index is 9.18. The molecule has 2 N–H and O–H groups in total. The van der Waals surface area contributed by atoms with E-state index in [4.69, 9.17) is 5.73 Å². The first kappa shape index (κ1) is 12.9. The summed E-state index contributed by atoms with van der Waals surface area (Å²) in [6.07, 6.45) is 4.26. The lowest BCUT2D eigenvalue weighted by molar-refractivity contribution is 0.268. The van der Waals surface area contributed by atoms with Gasteiger partial charge < -0.3 is 10.6 Å². The number of nitrogens with two attached hydrogens (primary N) is 1. The van der Waals surface area contributed by atoms with Gasteiger partial charge in [0.1, 0.15) is 5.54 Å². The Hall–Kier alpha value is -0.590. The van der Waals surface area contributed by atoms with Crippen molar-refractivity contribution in [3.8, 4) is 6.07 Å². The third-order valence-electron chi connectivity index (χ3n) is 4.94. The molecular weight excluding hydrogens is 210 g/mol. The molecule has 1 aliphatic heterocycles. The van der Waals surface area contributed by atoms with E-state index in [1.54, 1.807) is 0 Å². The normalized spacial score (nSPS) is 42.8. The summed E-state index contributed by atoms with van der Waals surface area (Å²) < 4.78 is 0. The van der Waals surface area contributed by atoms with Gasteiger partial charge >= 0.3 is 0 Å². The molecule has 96 valence electrons. The van der Waals surface area contributed by atoms with Gasteiger partial charge in [0.25, 0.3) is 0 Å². The minimum Gasteiger partial charge on any atom is -0.313 e. The van der Waals surface area contributed by atoms with Crippen molar-refractivity contribution in [2.24, 2.45) is 23.5 Å². The Balaban J connectivity index is 1.81. The molecule has 17 heavy (non-hydrogen) atoms. The molecule has 1 aliphatic carbocycles. The van der Waals surface area contributed by atoms with E-state index in [1.165, 1.54) is 13.1 Å². The zero-order chi connectivity index (χ0) is 12.5. The van der Waals surface area contributed by atoms with E-state index in [1.807, 2.05) is 0 Å². The van der Waals surface area contributed by atoms with Crippen LogP contribution in [0.5, 0.6) is 0 Å². The Bertz CT molecular complexity index is 299. The summed E-state index contributed by atoms with van der Waals surface area (Å²) in [5.41, 5.74) is 5.63. The van der Waals surface area contributed by atoms with Crippen LogP contribution in [-0.4, -0.2) is 30.1 Å². The summed E-state index contributed by atoms with van der Waals surface area (Å²) in [7, 11) is 0. The fourth-order valence-electron chi connectivity index (χ4n) is 3.42. The lowest BCUT2D eigenvalue weighted by Crippen LogP contribution is -2.43. The molecule has 0 amide bonds. The largest absolute Gasteiger partial charge is 0.313 e. The van der Waals surface area contributed by atoms with Gasteiger partial charge in [-0.15, -0.1) is 0 Å². The van der Waals surface area contributed by atoms with Crippen LogP contribution in [0.1, 0.15) is 39.5 Å². The predicted molar refractivity (Wildman–Crippen MR) is 69.3 cm³/mol. The number of hydrogen-bond acceptors (Lipinski definition) is 3. The van der Waals surface area contributed by atoms with E-state index >= 15 is 0 Å². The molecule has 1 saturated heterocycles. The molecular formula is C14H25N3. The second kappa shape index (κ2) is 4.96. The SMILES string of the molecule is CC1CN(CCC2CCCC2(N)C#N)CC1C. The average molecular weight is 235 g/mol. The highest BCUT2D eigenvalue weighted by molar-refractivity contribution is 5.12. The minimum atomic E-state index is -0.531. The van der Waals surface area contributed by atoms with E-state index < -0.39 is 5.54 Å². The Morgan fingerprint density at radius 2 is 2.00 bits per heavy atom. The molecule has 2 rings (SSSR count). The number of nitrogens with zero attached hydrogens (tertiary/aromatic N) is 2. The second-order valence-electron chi connectivity index (χ2n) is 6.24. The zero-order valence-corrected chi connectivity index (χ0v) is 11.2. The van der Waals surface area contributed by atoms with Gasteiger partial charge in [-0.1, -0.05) is 20.3 Å². The molecule has 1 heterocycles. The summed E-state index contributed by atoms with van der Waals surface area (Å²) in [6, 6.07) is 2.34. The van der Waals surface area contributed by atoms with Crippen LogP contribution in [0.3, 0.4) is 0 Å². The molecule has 0 radical (unpaired) electrons. The molecule has 1 saturated carbocycles. The summed E-state index contributed by atoms with van der Waals surface area (Å²) in [4.78, 5) is 2.55. The quantitative estimate of drug-likeness (QED) is 0.814. The van der Waals surface area contributed by atoms with Crippen LogP contribution in [0.15, 0.2) is 0 Å². The van der Waals surface area contributed by atoms with Crippen molar-refractivity contribution < 1.29 is 0 Å². The van der Waals surface area contributed by atoms with E-state index in [0.717, 1.165) is 44.1 Å². The first-order valence-corrected chi connectivity index (χ1v) is 6.97. The molecule has 3 nitrogen and oxygen atoms in total. The van der Waals surface area contributed by atoms with Gasteiger partial charge in [0, 0.05) is 13.1 Å². The van der Waals surface area contributed by atoms with Gasteiger partial charge in [-0.05, 0) is 43.6 Å². The van der Waals surface area contributed by atoms with Gasteiger partial charge in [0.2, 0.25) is 0 Å². The van der Waals surface area contributed by atoms with Crippen LogP contribution in [0, 0.1) is 29.1 Å². The lowest BCUT2D eigenvalue weighted by atomic mass is 9.87. The first-order valence-electron chi connectivity index (χ1n) is 6.97. The summed E-state index contributed by atoms with van der Waals surface area (Å²) >= 11 is 0. The van der Waals surface area contributed by atoms with E-state index in [2.05, 4.69) is 24.8 Å². The third-order valence-corrected chi connectivity index (χ3v) is 4.94. The highest BCUT2D eigenvalue weighted by Gasteiger charge is 2.39. The van der Waals surface area contributed by atoms with Crippen molar-refractivity contribution in [3.05, 3.63) is 0 Å². The molecule has 3 heteroatoms. The average Bonchev–Trinajstić information content (AvgIpc) is 2.82. The Morgan fingerprint density at radius 3 is 2.59 bits per heavy atom. The second-order valence-corrected chi connectivity index (χ2v) is 6.24. The molecule has 4 atom stereocenters. The van der Waals surface area contributed by atoms with Crippen molar-refractivity contribution in [3.63, 3.8) is 0 Å². The van der Waals surface area contributed by atoms with Crippen molar-refractivity contribution in [1.82, 2.24) is 4.90 Å². The van der Waals surface area contributed by atoms with Crippen LogP contribution < -0.4 is 5.73 Å². The third kappa shape index (κ3) is 2.64. The molecule has 0 spiro atoms. The standard InChI is InChI=1S/C14H25N3/c1-11-8-17(9-12(11)2)7-5-13-4-3-6-14(13,16)10-15/h11-13H,3-9,16H2,1-2H3. The van der Waals surface area contributed by atoms with Crippen molar-refractivity contribution in [1.29, 1.82) is 5.26 Å². The molecule has 2 aliphatic rings. The minimum absolute atomic E-state index is 0.415. The topological polar surface area (TPSA) is 53.0 Å². The maximum Gasteiger partial charge on any atom is 0.107 e. The highest BCUT2D eigenvalue weighted by Crippen LogP contribution is 2.36. The van der Waals surface area contributed by atoms with Gasteiger partial charge in [0.05, 0.1) is 6.07 Å². The van der Waals surface area contributed by atoms with Crippen molar-refractivity contribution in [2.75, 3.05) is 19.6 Å². The van der Waals surface area contributed by atoms with Gasteiger partial charge in [-0.25, -0.2) is 0 Å². The lowest BCUT2D eigenvalue weighted by Gasteiger charge is -2.26. The van der Waals surface area contributed by atoms with Crippen LogP contribution in [-0.2, 0) is 0 Å². The summed E-state index contributed by atoms with van der Waals surface area (Å²) in [6.45, 7) is 8.24. The van der Waals surface area contributed by atoms with Crippen LogP contribution in [0.2, 0.25) is 0 Å². The highest BCUT2D eigenvalue weighted by atomic mass is 15.1. The molecule has 0 bridgehead atoms. The number of likely N-dealkylation sites (tertiary alicyclic amines) is 1. The Kier molecular flexibility index (Phi) is 3.75. The van der Waals surface area contributed by atoms with E-state index in [-0.39, 0.29) is 0 Å². The fourth-order valence-corrected chi connectivity index (χ4v) is 3.42. The smallest absolute Gasteiger partial charge is 0.107 e. The van der Waals surface area contributed by atoms with Gasteiger partial charge in [-0.2, -0.15) is 5.26 Å². The molecule has 0 aromatic heterocycles. The van der Waals surface area contributed by atoms with Crippen LogP contribution in [0.4, 0.5) is 0 Å². The molecule has 4 unspecified atom stereocenters. The predicted octanol–water partition coefficient (Wildman–Crippen LogP) is 1.99. The van der Waals surface area contributed by atoms with Crippen molar-refractivity contribution >= 4 is 0 Å². The molecule has 0 aromatic carbocycles. The summed E-state index contributed by atoms with van der Waals surface area (Å²) in [5, 5.41) is 9.18. The molecule has 2 fully saturated rings. The molecule has 0 aromatic rings. The number of nitriles is 1. The fraction of sp³-hybridized carbons (Fsp3) is 0.929. The van der Waals surface area contributed by atoms with E-state index in [0.29, 0.717) is 5.92 Å². The monoisotopic (exact) mass is 235 g/mol. The van der Waals surface area contributed by atoms with Crippen LogP contribution >= 0.6 is 0 Å². The van der Waals surface area contributed by atoms with Gasteiger partial charge in [0.15, 0.2) is 0 Å². The number of rotatable bonds is 3.